The average molecular weight is 1230 g/mol. The van der Waals surface area contributed by atoms with Crippen molar-refractivity contribution in [2.24, 2.45) is 28.7 Å². The van der Waals surface area contributed by atoms with Gasteiger partial charge in [0.2, 0.25) is 82.7 Å². The van der Waals surface area contributed by atoms with E-state index < -0.39 is 182 Å². The predicted molar refractivity (Wildman–Crippen MR) is 308 cm³/mol. The molecule has 0 saturated carbocycles. The number of hydrogen-bond acceptors (Lipinski definition) is 19. The molecule has 0 unspecified atom stereocenters. The molecule has 85 heavy (non-hydrogen) atoms. The highest BCUT2D eigenvalue weighted by Gasteiger charge is 2.41. The van der Waals surface area contributed by atoms with E-state index in [2.05, 4.69) is 53.2 Å². The summed E-state index contributed by atoms with van der Waals surface area (Å²) in [6, 6.07) is 1.48. The molecule has 2 saturated heterocycles. The number of rotatable bonds is 25. The monoisotopic (exact) mass is 1230 g/mol. The van der Waals surface area contributed by atoms with Gasteiger partial charge in [0.15, 0.2) is 0 Å². The number of carbonyl (C=O) groups excluding carboxylic acids is 14. The fourth-order valence-corrected chi connectivity index (χ4v) is 10.9. The van der Waals surface area contributed by atoms with E-state index in [1.165, 1.54) is 24.3 Å². The van der Waals surface area contributed by atoms with Gasteiger partial charge in [0.25, 0.3) is 0 Å². The fraction of sp³-hybridized carbons (Fsp3) is 0.500. The molecule has 33 heteroatoms. The lowest BCUT2D eigenvalue weighted by atomic mass is 10.0. The van der Waals surface area contributed by atoms with Gasteiger partial charge in [0.05, 0.1) is 32.6 Å². The highest BCUT2D eigenvalue weighted by Crippen LogP contribution is 2.26. The Labute approximate surface area is 496 Å². The second kappa shape index (κ2) is 35.5. The molecule has 2 aromatic rings. The molecule has 0 bridgehead atoms. The van der Waals surface area contributed by atoms with Crippen molar-refractivity contribution >= 4 is 104 Å². The number of hydrogen-bond donors (Lipinski definition) is 16. The first-order valence-corrected chi connectivity index (χ1v) is 29.5. The smallest absolute Gasteiger partial charge is 0.246 e. The summed E-state index contributed by atoms with van der Waals surface area (Å²) in [6.45, 7) is -2.01. The van der Waals surface area contributed by atoms with Crippen LogP contribution >= 0.6 is 21.6 Å². The minimum absolute atomic E-state index is 0.0517. The first-order valence-electron chi connectivity index (χ1n) is 27.0. The second-order valence-electron chi connectivity index (χ2n) is 19.7. The Morgan fingerprint density at radius 2 is 1.20 bits per heavy atom. The van der Waals surface area contributed by atoms with Crippen LogP contribution in [0, 0.1) is 0 Å². The van der Waals surface area contributed by atoms with Crippen LogP contribution in [-0.4, -0.2) is 192 Å². The molecule has 4 rings (SSSR count). The Kier molecular flexibility index (Phi) is 28.8. The van der Waals surface area contributed by atoms with Gasteiger partial charge >= 0.3 is 0 Å². The summed E-state index contributed by atoms with van der Waals surface area (Å²) < 4.78 is 0. The van der Waals surface area contributed by atoms with Crippen molar-refractivity contribution in [2.45, 2.75) is 113 Å². The number of nitrogens with two attached hydrogens (primary N) is 5. The van der Waals surface area contributed by atoms with E-state index in [-0.39, 0.29) is 56.7 Å². The molecule has 0 radical (unpaired) electrons. The van der Waals surface area contributed by atoms with Gasteiger partial charge in [0, 0.05) is 37.3 Å². The van der Waals surface area contributed by atoms with Crippen molar-refractivity contribution < 1.29 is 72.2 Å². The zero-order chi connectivity index (χ0) is 62.6. The molecule has 0 aliphatic carbocycles. The summed E-state index contributed by atoms with van der Waals surface area (Å²) >= 11 is 0. The van der Waals surface area contributed by atoms with Crippen LogP contribution in [0.3, 0.4) is 0 Å². The topological polar surface area (TPSA) is 513 Å². The second-order valence-corrected chi connectivity index (χ2v) is 22.3. The lowest BCUT2D eigenvalue weighted by molar-refractivity contribution is -0.142. The summed E-state index contributed by atoms with van der Waals surface area (Å²) in [7, 11) is 1.73. The Morgan fingerprint density at radius 3 is 1.82 bits per heavy atom. The van der Waals surface area contributed by atoms with Gasteiger partial charge in [-0.1, -0.05) is 64.1 Å². The summed E-state index contributed by atoms with van der Waals surface area (Å²) in [5.74, 6) is -13.8. The van der Waals surface area contributed by atoms with Crippen LogP contribution in [-0.2, 0) is 80.0 Å². The van der Waals surface area contributed by atoms with Crippen molar-refractivity contribution in [3.8, 4) is 5.75 Å². The quantitative estimate of drug-likeness (QED) is 0.0324. The molecule has 2 aliphatic heterocycles. The molecule has 2 aliphatic rings. The van der Waals surface area contributed by atoms with E-state index in [1.807, 2.05) is 0 Å². The highest BCUT2D eigenvalue weighted by atomic mass is 33.1. The molecule has 31 nitrogen and oxygen atoms in total. The van der Waals surface area contributed by atoms with Crippen LogP contribution in [0.15, 0.2) is 54.6 Å². The predicted octanol–water partition coefficient (Wildman–Crippen LogP) is -6.98. The van der Waals surface area contributed by atoms with Crippen LogP contribution in [0.1, 0.15) is 62.5 Å². The molecule has 2 fully saturated rings. The van der Waals surface area contributed by atoms with Crippen molar-refractivity contribution in [3.05, 3.63) is 65.7 Å². The van der Waals surface area contributed by atoms with E-state index in [0.29, 0.717) is 24.0 Å². The number of unbranched alkanes of at least 4 members (excludes halogenated alkanes) is 1. The lowest BCUT2D eigenvalue weighted by Crippen LogP contribution is -2.61. The minimum atomic E-state index is -1.87. The Bertz CT molecular complexity index is 2730. The maximum absolute atomic E-state index is 14.8. The molecule has 8 atom stereocenters. The molecule has 21 N–H and O–H groups in total. The van der Waals surface area contributed by atoms with Crippen molar-refractivity contribution in [1.29, 1.82) is 0 Å². The number of carbonyl (C=O) groups is 14. The van der Waals surface area contributed by atoms with Crippen LogP contribution in [0.5, 0.6) is 5.75 Å². The van der Waals surface area contributed by atoms with E-state index in [0.717, 1.165) is 26.5 Å². The van der Waals surface area contributed by atoms with Crippen LogP contribution in [0.2, 0.25) is 0 Å². The zero-order valence-corrected chi connectivity index (χ0v) is 48.0. The Morgan fingerprint density at radius 1 is 0.624 bits per heavy atom. The van der Waals surface area contributed by atoms with E-state index in [4.69, 9.17) is 28.7 Å². The number of nitrogens with zero attached hydrogens (tertiary/aromatic N) is 1. The van der Waals surface area contributed by atoms with Gasteiger partial charge in [0.1, 0.15) is 54.1 Å². The molecular weight excluding hydrogens is 1150 g/mol. The Hall–Kier alpha value is -8.56. The van der Waals surface area contributed by atoms with E-state index >= 15 is 0 Å². The van der Waals surface area contributed by atoms with Gasteiger partial charge < -0.3 is 91.8 Å². The first kappa shape index (κ1) is 68.9. The Balaban J connectivity index is 1.81. The number of aromatic hydroxyl groups is 1. The molecule has 464 valence electrons. The van der Waals surface area contributed by atoms with Crippen LogP contribution in [0.25, 0.3) is 0 Å². The summed E-state index contributed by atoms with van der Waals surface area (Å²) in [5, 5.41) is 34.8. The maximum Gasteiger partial charge on any atom is 0.246 e. The molecule has 0 spiro atoms. The minimum Gasteiger partial charge on any atom is -0.508 e. The highest BCUT2D eigenvalue weighted by molar-refractivity contribution is 8.76. The van der Waals surface area contributed by atoms with Gasteiger partial charge in [-0.2, -0.15) is 0 Å². The third-order valence-electron chi connectivity index (χ3n) is 13.0. The standard InChI is InChI=1S/C52H74N16O15S2/c53-17-5-4-9-31(45(76)60-23-41(57)72)63-51(82)38-10-6-18-68(38)52(83)37-27-85-84-26-36(61-44(75)25-59-43(74)24-58-42(73)22-54)50(81)65-34(20-29-11-13-30(69)14-12-29)48(79)64-33(19-28-7-2-1-3-8-28)47(78)62-32(15-16-39(55)70)46(77)66-35(21-40(56)71)49(80)67-37/h1-3,7-8,11-14,31-38,69H,4-6,9-10,15-27,53-54H2,(H2,55,70)(H2,56,71)(H2,57,72)(H,58,73)(H,59,74)(H,60,76)(H,61,75)(H,62,78)(H,63,82)(H,64,79)(H,65,81)(H,66,77)(H,67,80)/t31-,32-,33-,34-,35-,36-,37+,38-/m0/s1. The van der Waals surface area contributed by atoms with Crippen molar-refractivity contribution in [3.63, 3.8) is 0 Å². The van der Waals surface area contributed by atoms with Gasteiger partial charge in [-0.15, -0.1) is 0 Å². The van der Waals surface area contributed by atoms with Gasteiger partial charge in [-0.25, -0.2) is 0 Å². The number of benzene rings is 2. The molecular formula is C52H74N16O15S2. The summed E-state index contributed by atoms with van der Waals surface area (Å²) in [6.07, 6.45) is -1.13. The van der Waals surface area contributed by atoms with E-state index in [9.17, 15) is 72.2 Å². The van der Waals surface area contributed by atoms with Crippen molar-refractivity contribution in [1.82, 2.24) is 58.1 Å². The first-order chi connectivity index (χ1) is 40.5. The van der Waals surface area contributed by atoms with Crippen LogP contribution in [0.4, 0.5) is 0 Å². The average Bonchev–Trinajstić information content (AvgIpc) is 4.23. The number of primary amides is 3. The van der Waals surface area contributed by atoms with E-state index in [1.54, 1.807) is 30.3 Å². The summed E-state index contributed by atoms with van der Waals surface area (Å²) in [4.78, 5) is 190. The lowest BCUT2D eigenvalue weighted by Gasteiger charge is -2.31. The zero-order valence-electron chi connectivity index (χ0n) is 46.4. The molecule has 0 aromatic heterocycles. The molecule has 14 amide bonds. The third kappa shape index (κ3) is 24.3. The van der Waals surface area contributed by atoms with Crippen molar-refractivity contribution in [2.75, 3.05) is 50.8 Å². The number of phenolic OH excluding ortho intramolecular Hbond substituents is 1. The third-order valence-corrected chi connectivity index (χ3v) is 15.4. The van der Waals surface area contributed by atoms with Gasteiger partial charge in [-0.05, 0) is 68.3 Å². The normalized spacial score (nSPS) is 21.2. The number of amides is 14. The fourth-order valence-electron chi connectivity index (χ4n) is 8.62. The molecule has 2 heterocycles. The molecule has 2 aromatic carbocycles. The number of likely N-dealkylation sites (tertiary alicyclic amines) is 1. The summed E-state index contributed by atoms with van der Waals surface area (Å²) in [5.41, 5.74) is 28.1. The number of nitrogens with one attached hydrogen (secondary N) is 10. The SMILES string of the molecule is NCCCC[C@H](NC(=O)[C@@H]1CCCN1C(=O)[C@H]1CSSC[C@H](NC(=O)CNC(=O)CNC(=O)CN)C(=O)N[C@@H](Cc2ccc(O)cc2)C(=O)N[C@@H](Cc2ccccc2)C(=O)N[C@@H](CCC(N)=O)C(=O)N[C@@H](CC(N)=O)C(=O)N1)C(=O)NCC(N)=O. The largest absolute Gasteiger partial charge is 0.508 e. The van der Waals surface area contributed by atoms with Crippen LogP contribution < -0.4 is 81.8 Å². The van der Waals surface area contributed by atoms with Gasteiger partial charge in [-0.3, -0.25) is 67.1 Å². The maximum atomic E-state index is 14.8. The number of phenols is 1.